The van der Waals surface area contributed by atoms with Gasteiger partial charge in [0, 0.05) is 17.6 Å². The molecule has 2 amide bonds. The monoisotopic (exact) mass is 376 g/mol. The zero-order chi connectivity index (χ0) is 17.4. The van der Waals surface area contributed by atoms with Crippen LogP contribution in [0.4, 0.5) is 5.69 Å². The van der Waals surface area contributed by atoms with E-state index in [1.807, 2.05) is 20.8 Å². The zero-order valence-electron chi connectivity index (χ0n) is 13.3. The van der Waals surface area contributed by atoms with Gasteiger partial charge in [0.25, 0.3) is 0 Å². The summed E-state index contributed by atoms with van der Waals surface area (Å²) in [5.74, 6) is -0.267. The van der Waals surface area contributed by atoms with Gasteiger partial charge in [-0.25, -0.2) is 0 Å². The Morgan fingerprint density at radius 3 is 2.26 bits per heavy atom. The maximum absolute atomic E-state index is 12.5. The van der Waals surface area contributed by atoms with Gasteiger partial charge in [-0.2, -0.15) is 0 Å². The van der Waals surface area contributed by atoms with E-state index in [9.17, 15) is 9.59 Å². The first kappa shape index (κ1) is 18.4. The van der Waals surface area contributed by atoms with E-state index in [4.69, 9.17) is 34.8 Å². The Kier molecular flexibility index (Phi) is 5.49. The molecule has 1 aromatic carbocycles. The fourth-order valence-corrected chi connectivity index (χ4v) is 3.16. The van der Waals surface area contributed by atoms with E-state index < -0.39 is 11.5 Å². The predicted molar refractivity (Wildman–Crippen MR) is 94.3 cm³/mol. The molecule has 0 radical (unpaired) electrons. The van der Waals surface area contributed by atoms with Gasteiger partial charge >= 0.3 is 0 Å². The molecule has 1 atom stereocenters. The fourth-order valence-electron chi connectivity index (χ4n) is 2.57. The number of hydrogen-bond acceptors (Lipinski definition) is 2. The number of nitrogens with one attached hydrogen (secondary N) is 1. The highest BCUT2D eigenvalue weighted by Crippen LogP contribution is 2.33. The molecular weight excluding hydrogens is 359 g/mol. The summed E-state index contributed by atoms with van der Waals surface area (Å²) in [6, 6.07) is 2.60. The number of hydrogen-bond donors (Lipinski definition) is 1. The van der Waals surface area contributed by atoms with Gasteiger partial charge in [-0.3, -0.25) is 9.59 Å². The van der Waals surface area contributed by atoms with Crippen LogP contribution in [0.2, 0.25) is 15.1 Å². The molecule has 1 aromatic rings. The topological polar surface area (TPSA) is 49.4 Å². The molecule has 1 saturated heterocycles. The van der Waals surface area contributed by atoms with Gasteiger partial charge in [0.2, 0.25) is 11.8 Å². The molecule has 1 aliphatic heterocycles. The van der Waals surface area contributed by atoms with E-state index in [-0.39, 0.29) is 26.9 Å². The van der Waals surface area contributed by atoms with Crippen LogP contribution >= 0.6 is 34.8 Å². The van der Waals surface area contributed by atoms with E-state index in [2.05, 4.69) is 5.32 Å². The summed E-state index contributed by atoms with van der Waals surface area (Å²) in [5, 5.41) is 3.55. The molecule has 1 heterocycles. The van der Waals surface area contributed by atoms with E-state index in [0.29, 0.717) is 18.7 Å². The van der Waals surface area contributed by atoms with Crippen LogP contribution in [0.25, 0.3) is 0 Å². The minimum absolute atomic E-state index is 0.0256. The number of amides is 2. The van der Waals surface area contributed by atoms with Crippen LogP contribution in [0.15, 0.2) is 12.1 Å². The van der Waals surface area contributed by atoms with Gasteiger partial charge in [0.1, 0.15) is 6.04 Å². The number of anilines is 1. The molecule has 4 nitrogen and oxygen atoms in total. The Balaban J connectivity index is 2.15. The second-order valence-corrected chi connectivity index (χ2v) is 7.84. The highest BCUT2D eigenvalue weighted by Gasteiger charge is 2.38. The van der Waals surface area contributed by atoms with Gasteiger partial charge in [-0.05, 0) is 25.0 Å². The SMILES string of the molecule is CC(C)(C)C(=O)N1CCCC1C(=O)Nc1cc(Cl)c(Cl)c(Cl)c1. The van der Waals surface area contributed by atoms with Crippen LogP contribution in [0.1, 0.15) is 33.6 Å². The number of rotatable bonds is 2. The van der Waals surface area contributed by atoms with E-state index in [0.717, 1.165) is 6.42 Å². The number of carbonyl (C=O) groups excluding carboxylic acids is 2. The molecule has 23 heavy (non-hydrogen) atoms. The second-order valence-electron chi connectivity index (χ2n) is 6.65. The Hall–Kier alpha value is -0.970. The molecule has 1 N–H and O–H groups in total. The first-order valence-electron chi connectivity index (χ1n) is 7.37. The van der Waals surface area contributed by atoms with E-state index in [1.165, 1.54) is 0 Å². The van der Waals surface area contributed by atoms with Crippen molar-refractivity contribution in [2.75, 3.05) is 11.9 Å². The van der Waals surface area contributed by atoms with Gasteiger partial charge in [-0.15, -0.1) is 0 Å². The standard InChI is InChI=1S/C16H19Cl3N2O2/c1-16(2,3)15(23)21-6-4-5-12(21)14(22)20-9-7-10(17)13(19)11(18)8-9/h7-8,12H,4-6H2,1-3H3,(H,20,22). The fraction of sp³-hybridized carbons (Fsp3) is 0.500. The van der Waals surface area contributed by atoms with Gasteiger partial charge in [-0.1, -0.05) is 55.6 Å². The van der Waals surface area contributed by atoms with Crippen molar-refractivity contribution in [1.29, 1.82) is 0 Å². The lowest BCUT2D eigenvalue weighted by atomic mass is 9.94. The van der Waals surface area contributed by atoms with E-state index in [1.54, 1.807) is 17.0 Å². The quantitative estimate of drug-likeness (QED) is 0.764. The first-order chi connectivity index (χ1) is 10.6. The lowest BCUT2D eigenvalue weighted by Gasteiger charge is -2.30. The van der Waals surface area contributed by atoms with Crippen LogP contribution < -0.4 is 5.32 Å². The first-order valence-corrected chi connectivity index (χ1v) is 8.51. The maximum atomic E-state index is 12.5. The third kappa shape index (κ3) is 4.11. The van der Waals surface area contributed by atoms with Gasteiger partial charge in [0.15, 0.2) is 0 Å². The Morgan fingerprint density at radius 2 is 1.74 bits per heavy atom. The molecule has 1 aliphatic rings. The normalized spacial score (nSPS) is 18.2. The van der Waals surface area contributed by atoms with Crippen molar-refractivity contribution in [2.24, 2.45) is 5.41 Å². The molecule has 1 unspecified atom stereocenters. The van der Waals surface area contributed by atoms with Crippen LogP contribution in [0, 0.1) is 5.41 Å². The van der Waals surface area contributed by atoms with Crippen LogP contribution in [0.5, 0.6) is 0 Å². The number of likely N-dealkylation sites (tertiary alicyclic amines) is 1. The van der Waals surface area contributed by atoms with Gasteiger partial charge < -0.3 is 10.2 Å². The molecular formula is C16H19Cl3N2O2. The van der Waals surface area contributed by atoms with Crippen molar-refractivity contribution >= 4 is 52.3 Å². The average molecular weight is 378 g/mol. The van der Waals surface area contributed by atoms with Crippen molar-refractivity contribution in [1.82, 2.24) is 4.90 Å². The molecule has 1 fully saturated rings. The number of nitrogens with zero attached hydrogens (tertiary/aromatic N) is 1. The lowest BCUT2D eigenvalue weighted by Crippen LogP contribution is -2.47. The zero-order valence-corrected chi connectivity index (χ0v) is 15.5. The van der Waals surface area contributed by atoms with E-state index >= 15 is 0 Å². The summed E-state index contributed by atoms with van der Waals surface area (Å²) in [6.45, 7) is 6.14. The Labute approximate surface area is 151 Å². The molecule has 0 spiro atoms. The summed E-state index contributed by atoms with van der Waals surface area (Å²) < 4.78 is 0. The second kappa shape index (κ2) is 6.88. The average Bonchev–Trinajstić information content (AvgIpc) is 2.92. The molecule has 0 bridgehead atoms. The Bertz CT molecular complexity index is 618. The minimum atomic E-state index is -0.518. The van der Waals surface area contributed by atoms with Crippen molar-refractivity contribution < 1.29 is 9.59 Å². The largest absolute Gasteiger partial charge is 0.330 e. The summed E-state index contributed by atoms with van der Waals surface area (Å²) in [5.41, 5.74) is -0.0556. The molecule has 126 valence electrons. The summed E-state index contributed by atoms with van der Waals surface area (Å²) in [7, 11) is 0. The lowest BCUT2D eigenvalue weighted by molar-refractivity contribution is -0.143. The van der Waals surface area contributed by atoms with Crippen LogP contribution in [0.3, 0.4) is 0 Å². The molecule has 7 heteroatoms. The smallest absolute Gasteiger partial charge is 0.247 e. The summed E-state index contributed by atoms with van der Waals surface area (Å²) in [6.07, 6.45) is 1.45. The molecule has 0 saturated carbocycles. The van der Waals surface area contributed by atoms with Crippen LogP contribution in [-0.2, 0) is 9.59 Å². The third-order valence-electron chi connectivity index (χ3n) is 3.71. The minimum Gasteiger partial charge on any atom is -0.330 e. The van der Waals surface area contributed by atoms with Gasteiger partial charge in [0.05, 0.1) is 15.1 Å². The summed E-state index contributed by atoms with van der Waals surface area (Å²) >= 11 is 17.8. The summed E-state index contributed by atoms with van der Waals surface area (Å²) in [4.78, 5) is 26.7. The third-order valence-corrected chi connectivity index (χ3v) is 4.91. The van der Waals surface area contributed by atoms with Crippen molar-refractivity contribution in [3.05, 3.63) is 27.2 Å². The van der Waals surface area contributed by atoms with Crippen molar-refractivity contribution in [3.8, 4) is 0 Å². The maximum Gasteiger partial charge on any atom is 0.247 e. The molecule has 0 aromatic heterocycles. The predicted octanol–water partition coefficient (Wildman–Crippen LogP) is 4.62. The van der Waals surface area contributed by atoms with Crippen molar-refractivity contribution in [3.63, 3.8) is 0 Å². The van der Waals surface area contributed by atoms with Crippen LogP contribution in [-0.4, -0.2) is 29.3 Å². The highest BCUT2D eigenvalue weighted by atomic mass is 35.5. The Morgan fingerprint density at radius 1 is 1.17 bits per heavy atom. The number of carbonyl (C=O) groups is 2. The number of halogens is 3. The van der Waals surface area contributed by atoms with Crippen molar-refractivity contribution in [2.45, 2.75) is 39.7 Å². The highest BCUT2D eigenvalue weighted by molar-refractivity contribution is 6.48. The molecule has 2 rings (SSSR count). The molecule has 0 aliphatic carbocycles. The number of benzene rings is 1.